The van der Waals surface area contributed by atoms with E-state index in [0.29, 0.717) is 11.1 Å². The second-order valence-electron chi connectivity index (χ2n) is 3.97. The number of ether oxygens (including phenoxy) is 1. The number of hydrogen-bond donors (Lipinski definition) is 0. The Morgan fingerprint density at radius 2 is 1.22 bits per heavy atom. The molecular weight excluding hydrogens is 234 g/mol. The number of hydrogen-bond acceptors (Lipinski definition) is 1. The minimum Gasteiger partial charge on any atom is -0.363 e. The summed E-state index contributed by atoms with van der Waals surface area (Å²) in [4.78, 5) is 0. The maximum atomic E-state index is 13.6. The molecule has 0 aliphatic heterocycles. The van der Waals surface area contributed by atoms with Crippen LogP contribution in [0.5, 0.6) is 0 Å². The maximum Gasteiger partial charge on any atom is 0.275 e. The molecule has 0 amide bonds. The van der Waals surface area contributed by atoms with E-state index in [0.717, 1.165) is 0 Å². The molecule has 2 aromatic rings. The van der Waals surface area contributed by atoms with E-state index in [1.807, 2.05) is 0 Å². The van der Waals surface area contributed by atoms with E-state index in [4.69, 9.17) is 4.74 Å². The van der Waals surface area contributed by atoms with Crippen LogP contribution in [0.1, 0.15) is 11.1 Å². The summed E-state index contributed by atoms with van der Waals surface area (Å²) in [5.74, 6) is 0. The van der Waals surface area contributed by atoms with E-state index in [1.54, 1.807) is 60.7 Å². The third kappa shape index (κ3) is 2.02. The lowest BCUT2D eigenvalue weighted by atomic mass is 9.86. The molecular formula is C15H14F2O. The van der Waals surface area contributed by atoms with Gasteiger partial charge < -0.3 is 4.74 Å². The van der Waals surface area contributed by atoms with Gasteiger partial charge in [-0.1, -0.05) is 60.7 Å². The number of rotatable bonds is 4. The molecule has 0 aliphatic rings. The predicted molar refractivity (Wildman–Crippen MR) is 66.7 cm³/mol. The summed E-state index contributed by atoms with van der Waals surface area (Å²) in [6.45, 7) is 0. The van der Waals surface area contributed by atoms with Gasteiger partial charge >= 0.3 is 0 Å². The van der Waals surface area contributed by atoms with Crippen molar-refractivity contribution in [1.82, 2.24) is 0 Å². The topological polar surface area (TPSA) is 9.23 Å². The average Bonchev–Trinajstić information content (AvgIpc) is 2.42. The molecule has 0 N–H and O–H groups in total. The molecule has 0 saturated heterocycles. The highest BCUT2D eigenvalue weighted by molar-refractivity contribution is 5.37. The fourth-order valence-corrected chi connectivity index (χ4v) is 2.11. The minimum atomic E-state index is -2.65. The Labute approximate surface area is 105 Å². The molecule has 2 aromatic carbocycles. The molecule has 0 aliphatic carbocycles. The van der Waals surface area contributed by atoms with Crippen LogP contribution in [0.25, 0.3) is 0 Å². The van der Waals surface area contributed by atoms with Crippen LogP contribution in [0.15, 0.2) is 60.7 Å². The van der Waals surface area contributed by atoms with E-state index < -0.39 is 12.0 Å². The molecule has 0 aromatic heterocycles. The van der Waals surface area contributed by atoms with Crippen molar-refractivity contribution in [2.45, 2.75) is 12.0 Å². The average molecular weight is 248 g/mol. The Hall–Kier alpha value is -1.74. The van der Waals surface area contributed by atoms with Gasteiger partial charge in [-0.15, -0.1) is 0 Å². The zero-order chi connectivity index (χ0) is 13.0. The van der Waals surface area contributed by atoms with Gasteiger partial charge in [-0.3, -0.25) is 0 Å². The zero-order valence-electron chi connectivity index (χ0n) is 10.0. The van der Waals surface area contributed by atoms with Crippen molar-refractivity contribution in [2.24, 2.45) is 0 Å². The Bertz CT molecular complexity index is 443. The number of alkyl halides is 2. The number of halogens is 2. The fourth-order valence-electron chi connectivity index (χ4n) is 2.11. The lowest BCUT2D eigenvalue weighted by Gasteiger charge is -2.32. The maximum absolute atomic E-state index is 13.6. The first-order valence-electron chi connectivity index (χ1n) is 5.66. The largest absolute Gasteiger partial charge is 0.363 e. The molecule has 0 radical (unpaired) electrons. The van der Waals surface area contributed by atoms with Gasteiger partial charge in [0.25, 0.3) is 6.43 Å². The van der Waals surface area contributed by atoms with Crippen molar-refractivity contribution in [2.75, 3.05) is 7.11 Å². The predicted octanol–water partition coefficient (Wildman–Crippen LogP) is 3.84. The van der Waals surface area contributed by atoms with Crippen LogP contribution in [-0.2, 0) is 10.3 Å². The van der Waals surface area contributed by atoms with Gasteiger partial charge in [-0.05, 0) is 11.1 Å². The Morgan fingerprint density at radius 3 is 1.50 bits per heavy atom. The third-order valence-electron chi connectivity index (χ3n) is 3.03. The van der Waals surface area contributed by atoms with Gasteiger partial charge in [0.2, 0.25) is 0 Å². The Kier molecular flexibility index (Phi) is 3.72. The van der Waals surface area contributed by atoms with Crippen molar-refractivity contribution in [1.29, 1.82) is 0 Å². The minimum absolute atomic E-state index is 0.453. The summed E-state index contributed by atoms with van der Waals surface area (Å²) in [7, 11) is 1.31. The van der Waals surface area contributed by atoms with Crippen LogP contribution in [-0.4, -0.2) is 13.5 Å². The molecule has 94 valence electrons. The van der Waals surface area contributed by atoms with Crippen LogP contribution in [0, 0.1) is 0 Å². The lowest BCUT2D eigenvalue weighted by molar-refractivity contribution is -0.0987. The molecule has 2 rings (SSSR count). The molecule has 0 fully saturated rings. The van der Waals surface area contributed by atoms with Gasteiger partial charge in [-0.25, -0.2) is 8.78 Å². The summed E-state index contributed by atoms with van der Waals surface area (Å²) in [5, 5.41) is 0. The standard InChI is InChI=1S/C15H14F2O/c1-18-15(14(16)17,12-8-4-2-5-9-12)13-10-6-3-7-11-13/h2-11,14H,1H3. The molecule has 0 spiro atoms. The van der Waals surface area contributed by atoms with Crippen LogP contribution in [0.4, 0.5) is 8.78 Å². The second kappa shape index (κ2) is 5.27. The van der Waals surface area contributed by atoms with E-state index in [-0.39, 0.29) is 0 Å². The van der Waals surface area contributed by atoms with Crippen LogP contribution in [0.3, 0.4) is 0 Å². The molecule has 0 heterocycles. The van der Waals surface area contributed by atoms with E-state index in [1.165, 1.54) is 7.11 Å². The first-order chi connectivity index (χ1) is 8.71. The lowest BCUT2D eigenvalue weighted by Crippen LogP contribution is -2.37. The van der Waals surface area contributed by atoms with Crippen molar-refractivity contribution < 1.29 is 13.5 Å². The van der Waals surface area contributed by atoms with Gasteiger partial charge in [0.15, 0.2) is 5.60 Å². The monoisotopic (exact) mass is 248 g/mol. The first-order valence-corrected chi connectivity index (χ1v) is 5.66. The highest BCUT2D eigenvalue weighted by Gasteiger charge is 2.43. The highest BCUT2D eigenvalue weighted by Crippen LogP contribution is 2.38. The van der Waals surface area contributed by atoms with E-state index in [9.17, 15) is 8.78 Å². The van der Waals surface area contributed by atoms with E-state index >= 15 is 0 Å². The summed E-state index contributed by atoms with van der Waals surface area (Å²) in [6, 6.07) is 17.1. The van der Waals surface area contributed by atoms with Crippen LogP contribution >= 0.6 is 0 Å². The summed E-state index contributed by atoms with van der Waals surface area (Å²) >= 11 is 0. The van der Waals surface area contributed by atoms with Crippen molar-refractivity contribution >= 4 is 0 Å². The summed E-state index contributed by atoms with van der Waals surface area (Å²) in [6.07, 6.45) is -2.65. The van der Waals surface area contributed by atoms with Crippen LogP contribution in [0.2, 0.25) is 0 Å². The highest BCUT2D eigenvalue weighted by atomic mass is 19.3. The molecule has 1 nitrogen and oxygen atoms in total. The van der Waals surface area contributed by atoms with Crippen molar-refractivity contribution in [3.8, 4) is 0 Å². The number of benzene rings is 2. The van der Waals surface area contributed by atoms with Gasteiger partial charge in [0, 0.05) is 7.11 Å². The summed E-state index contributed by atoms with van der Waals surface area (Å²) in [5.41, 5.74) is -0.801. The van der Waals surface area contributed by atoms with Crippen molar-refractivity contribution in [3.63, 3.8) is 0 Å². The SMILES string of the molecule is COC(c1ccccc1)(c1ccccc1)C(F)F. The second-order valence-corrected chi connectivity index (χ2v) is 3.97. The molecule has 0 bridgehead atoms. The molecule has 0 saturated carbocycles. The molecule has 0 unspecified atom stereocenters. The third-order valence-corrected chi connectivity index (χ3v) is 3.03. The van der Waals surface area contributed by atoms with Gasteiger partial charge in [0.1, 0.15) is 0 Å². The smallest absolute Gasteiger partial charge is 0.275 e. The van der Waals surface area contributed by atoms with Crippen LogP contribution < -0.4 is 0 Å². The first kappa shape index (κ1) is 12.7. The Morgan fingerprint density at radius 1 is 0.833 bits per heavy atom. The molecule has 18 heavy (non-hydrogen) atoms. The molecule has 0 atom stereocenters. The normalized spacial score (nSPS) is 11.8. The van der Waals surface area contributed by atoms with Crippen molar-refractivity contribution in [3.05, 3.63) is 71.8 Å². The van der Waals surface area contributed by atoms with E-state index in [2.05, 4.69) is 0 Å². The number of methoxy groups -OCH3 is 1. The van der Waals surface area contributed by atoms with Gasteiger partial charge in [-0.2, -0.15) is 0 Å². The zero-order valence-corrected chi connectivity index (χ0v) is 10.0. The summed E-state index contributed by atoms with van der Waals surface area (Å²) < 4.78 is 32.4. The molecule has 3 heteroatoms. The Balaban J connectivity index is 2.61. The quantitative estimate of drug-likeness (QED) is 0.798. The fraction of sp³-hybridized carbons (Fsp3) is 0.200. The van der Waals surface area contributed by atoms with Gasteiger partial charge in [0.05, 0.1) is 0 Å².